The summed E-state index contributed by atoms with van der Waals surface area (Å²) in [5, 5.41) is 12.0. The maximum absolute atomic E-state index is 10.8. The van der Waals surface area contributed by atoms with Crippen molar-refractivity contribution in [1.82, 2.24) is 5.32 Å². The Hall–Kier alpha value is -0.570. The molecule has 3 heteroatoms. The maximum atomic E-state index is 10.8. The first kappa shape index (κ1) is 13.5. The molecule has 0 aromatic rings. The fourth-order valence-corrected chi connectivity index (χ4v) is 2.69. The van der Waals surface area contributed by atoms with Crippen molar-refractivity contribution in [1.29, 1.82) is 0 Å². The highest BCUT2D eigenvalue weighted by molar-refractivity contribution is 5.73. The third-order valence-corrected chi connectivity index (χ3v) is 3.69. The zero-order chi connectivity index (χ0) is 12.0. The molecule has 3 nitrogen and oxygen atoms in total. The molecule has 3 atom stereocenters. The van der Waals surface area contributed by atoms with Crippen LogP contribution < -0.4 is 5.32 Å². The predicted molar refractivity (Wildman–Crippen MR) is 65.5 cm³/mol. The number of carboxylic acids is 1. The molecule has 16 heavy (non-hydrogen) atoms. The lowest BCUT2D eigenvalue weighted by molar-refractivity contribution is -0.139. The third kappa shape index (κ3) is 4.52. The lowest BCUT2D eigenvalue weighted by Crippen LogP contribution is -2.37. The van der Waals surface area contributed by atoms with Gasteiger partial charge in [0, 0.05) is 0 Å². The van der Waals surface area contributed by atoms with Crippen molar-refractivity contribution in [3.05, 3.63) is 0 Å². The van der Waals surface area contributed by atoms with E-state index in [0.29, 0.717) is 6.42 Å². The van der Waals surface area contributed by atoms with Crippen LogP contribution in [0.15, 0.2) is 0 Å². The monoisotopic (exact) mass is 227 g/mol. The van der Waals surface area contributed by atoms with Crippen LogP contribution in [0.5, 0.6) is 0 Å². The quantitative estimate of drug-likeness (QED) is 0.733. The number of nitrogens with one attached hydrogen (secondary N) is 1. The van der Waals surface area contributed by atoms with E-state index < -0.39 is 5.97 Å². The van der Waals surface area contributed by atoms with Gasteiger partial charge in [-0.15, -0.1) is 0 Å². The smallest absolute Gasteiger partial charge is 0.320 e. The average molecular weight is 227 g/mol. The molecule has 0 spiro atoms. The molecule has 3 unspecified atom stereocenters. The van der Waals surface area contributed by atoms with E-state index in [2.05, 4.69) is 12.2 Å². The Balaban J connectivity index is 2.16. The maximum Gasteiger partial charge on any atom is 0.320 e. The first-order chi connectivity index (χ1) is 7.63. The van der Waals surface area contributed by atoms with Crippen molar-refractivity contribution in [2.45, 2.75) is 58.4 Å². The molecule has 1 rings (SSSR count). The Morgan fingerprint density at radius 2 is 2.25 bits per heavy atom. The van der Waals surface area contributed by atoms with E-state index in [1.165, 1.54) is 25.7 Å². The first-order valence-electron chi connectivity index (χ1n) is 6.59. The molecular weight excluding hydrogens is 202 g/mol. The molecule has 1 aliphatic carbocycles. The zero-order valence-corrected chi connectivity index (χ0v) is 10.5. The van der Waals surface area contributed by atoms with Gasteiger partial charge >= 0.3 is 5.97 Å². The minimum atomic E-state index is -0.723. The number of hydrogen-bond donors (Lipinski definition) is 2. The number of carbonyl (C=O) groups is 1. The van der Waals surface area contributed by atoms with Gasteiger partial charge in [-0.2, -0.15) is 0 Å². The number of aliphatic carboxylic acids is 1. The molecule has 0 amide bonds. The van der Waals surface area contributed by atoms with Crippen LogP contribution in [0.25, 0.3) is 0 Å². The molecule has 0 aromatic carbocycles. The highest BCUT2D eigenvalue weighted by atomic mass is 16.4. The fraction of sp³-hybridized carbons (Fsp3) is 0.923. The molecule has 1 aliphatic rings. The highest BCUT2D eigenvalue weighted by Gasteiger charge is 2.19. The van der Waals surface area contributed by atoms with Crippen LogP contribution in [-0.2, 0) is 4.79 Å². The summed E-state index contributed by atoms with van der Waals surface area (Å²) in [6.45, 7) is 5.09. The lowest BCUT2D eigenvalue weighted by Gasteiger charge is -2.27. The van der Waals surface area contributed by atoms with Crippen LogP contribution in [0.3, 0.4) is 0 Å². The van der Waals surface area contributed by atoms with Gasteiger partial charge in [0.2, 0.25) is 0 Å². The Morgan fingerprint density at radius 3 is 2.81 bits per heavy atom. The topological polar surface area (TPSA) is 49.3 Å². The minimum absolute atomic E-state index is 0.360. The van der Waals surface area contributed by atoms with Crippen LogP contribution in [-0.4, -0.2) is 23.7 Å². The molecule has 1 fully saturated rings. The van der Waals surface area contributed by atoms with Gasteiger partial charge < -0.3 is 10.4 Å². The van der Waals surface area contributed by atoms with Crippen molar-refractivity contribution in [3.8, 4) is 0 Å². The SMILES string of the molecule is CCC(NCCC1CCCC(C)C1)C(=O)O. The molecular formula is C13H25NO2. The van der Waals surface area contributed by atoms with E-state index in [-0.39, 0.29) is 6.04 Å². The largest absolute Gasteiger partial charge is 0.480 e. The summed E-state index contributed by atoms with van der Waals surface area (Å²) in [4.78, 5) is 10.8. The Bertz CT molecular complexity index is 218. The Morgan fingerprint density at radius 1 is 1.50 bits per heavy atom. The van der Waals surface area contributed by atoms with Gasteiger partial charge in [-0.3, -0.25) is 4.79 Å². The van der Waals surface area contributed by atoms with Gasteiger partial charge in [0.25, 0.3) is 0 Å². The molecule has 0 aliphatic heterocycles. The molecule has 94 valence electrons. The Kier molecular flexibility index (Phi) is 5.81. The number of carboxylic acid groups (broad SMARTS) is 1. The van der Waals surface area contributed by atoms with Gasteiger partial charge in [0.15, 0.2) is 0 Å². The van der Waals surface area contributed by atoms with Crippen LogP contribution in [0.4, 0.5) is 0 Å². The normalized spacial score (nSPS) is 27.6. The second kappa shape index (κ2) is 6.89. The van der Waals surface area contributed by atoms with E-state index in [4.69, 9.17) is 5.11 Å². The van der Waals surface area contributed by atoms with Gasteiger partial charge in [-0.05, 0) is 37.6 Å². The number of hydrogen-bond acceptors (Lipinski definition) is 2. The van der Waals surface area contributed by atoms with Crippen molar-refractivity contribution >= 4 is 5.97 Å². The van der Waals surface area contributed by atoms with Crippen LogP contribution in [0, 0.1) is 11.8 Å². The van der Waals surface area contributed by atoms with Crippen molar-refractivity contribution in [2.24, 2.45) is 11.8 Å². The van der Waals surface area contributed by atoms with Crippen molar-refractivity contribution in [2.75, 3.05) is 6.54 Å². The summed E-state index contributed by atoms with van der Waals surface area (Å²) in [6.07, 6.45) is 7.17. The Labute approximate surface area is 98.6 Å². The van der Waals surface area contributed by atoms with E-state index in [0.717, 1.165) is 24.8 Å². The summed E-state index contributed by atoms with van der Waals surface area (Å²) < 4.78 is 0. The van der Waals surface area contributed by atoms with E-state index in [1.807, 2.05) is 6.92 Å². The second-order valence-corrected chi connectivity index (χ2v) is 5.18. The van der Waals surface area contributed by atoms with Crippen molar-refractivity contribution in [3.63, 3.8) is 0 Å². The van der Waals surface area contributed by atoms with E-state index in [1.54, 1.807) is 0 Å². The predicted octanol–water partition coefficient (Wildman–Crippen LogP) is 2.66. The summed E-state index contributed by atoms with van der Waals surface area (Å²) >= 11 is 0. The average Bonchev–Trinajstić information content (AvgIpc) is 2.24. The molecule has 0 bridgehead atoms. The van der Waals surface area contributed by atoms with Gasteiger partial charge in [-0.25, -0.2) is 0 Å². The zero-order valence-electron chi connectivity index (χ0n) is 10.5. The molecule has 0 heterocycles. The minimum Gasteiger partial charge on any atom is -0.480 e. The molecule has 1 saturated carbocycles. The van der Waals surface area contributed by atoms with Crippen LogP contribution >= 0.6 is 0 Å². The van der Waals surface area contributed by atoms with Crippen LogP contribution in [0.2, 0.25) is 0 Å². The summed E-state index contributed by atoms with van der Waals surface area (Å²) in [5.74, 6) is 0.947. The van der Waals surface area contributed by atoms with E-state index >= 15 is 0 Å². The lowest BCUT2D eigenvalue weighted by atomic mass is 9.81. The third-order valence-electron chi connectivity index (χ3n) is 3.69. The molecule has 0 radical (unpaired) electrons. The first-order valence-corrected chi connectivity index (χ1v) is 6.59. The van der Waals surface area contributed by atoms with E-state index in [9.17, 15) is 4.79 Å². The molecule has 2 N–H and O–H groups in total. The summed E-state index contributed by atoms with van der Waals surface area (Å²) in [5.41, 5.74) is 0. The van der Waals surface area contributed by atoms with Gasteiger partial charge in [-0.1, -0.05) is 33.1 Å². The van der Waals surface area contributed by atoms with Crippen LogP contribution in [0.1, 0.15) is 52.4 Å². The summed E-state index contributed by atoms with van der Waals surface area (Å²) in [6, 6.07) is -0.360. The second-order valence-electron chi connectivity index (χ2n) is 5.18. The standard InChI is InChI=1S/C13H25NO2/c1-3-12(13(15)16)14-8-7-11-6-4-5-10(2)9-11/h10-12,14H,3-9H2,1-2H3,(H,15,16). The number of rotatable bonds is 6. The fourth-order valence-electron chi connectivity index (χ4n) is 2.69. The summed E-state index contributed by atoms with van der Waals surface area (Å²) in [7, 11) is 0. The molecule has 0 saturated heterocycles. The highest BCUT2D eigenvalue weighted by Crippen LogP contribution is 2.30. The van der Waals surface area contributed by atoms with Gasteiger partial charge in [0.1, 0.15) is 6.04 Å². The van der Waals surface area contributed by atoms with Gasteiger partial charge in [0.05, 0.1) is 0 Å². The van der Waals surface area contributed by atoms with Crippen molar-refractivity contribution < 1.29 is 9.90 Å². The molecule has 0 aromatic heterocycles.